The van der Waals surface area contributed by atoms with E-state index in [2.05, 4.69) is 31.2 Å². The molecule has 0 saturated carbocycles. The molecular formula is C13H13BrN4O. The van der Waals surface area contributed by atoms with Crippen LogP contribution in [0.4, 0.5) is 5.95 Å². The predicted molar refractivity (Wildman–Crippen MR) is 76.5 cm³/mol. The van der Waals surface area contributed by atoms with Gasteiger partial charge in [-0.05, 0) is 21.5 Å². The quantitative estimate of drug-likeness (QED) is 0.879. The van der Waals surface area contributed by atoms with E-state index >= 15 is 0 Å². The van der Waals surface area contributed by atoms with Crippen molar-refractivity contribution >= 4 is 27.8 Å². The molecule has 0 aliphatic carbocycles. The van der Waals surface area contributed by atoms with E-state index in [0.29, 0.717) is 12.4 Å². The van der Waals surface area contributed by atoms with Crippen LogP contribution in [-0.2, 0) is 11.2 Å². The van der Waals surface area contributed by atoms with Gasteiger partial charge in [-0.15, -0.1) is 0 Å². The average Bonchev–Trinajstić information content (AvgIpc) is 2.41. The van der Waals surface area contributed by atoms with Gasteiger partial charge < -0.3 is 11.1 Å². The van der Waals surface area contributed by atoms with Crippen LogP contribution < -0.4 is 11.1 Å². The van der Waals surface area contributed by atoms with Crippen molar-refractivity contribution in [3.05, 3.63) is 52.8 Å². The van der Waals surface area contributed by atoms with Gasteiger partial charge in [0.05, 0.1) is 4.47 Å². The first-order chi connectivity index (χ1) is 9.15. The SMILES string of the molecule is NC(=O)[C@@H](Cc1ccccc1)Nc1ncc(Br)cn1. The van der Waals surface area contributed by atoms with Gasteiger partial charge in [-0.1, -0.05) is 30.3 Å². The third kappa shape index (κ3) is 4.03. The first-order valence-electron chi connectivity index (χ1n) is 5.72. The van der Waals surface area contributed by atoms with Crippen LogP contribution in [0.5, 0.6) is 0 Å². The zero-order chi connectivity index (χ0) is 13.7. The van der Waals surface area contributed by atoms with Gasteiger partial charge in [-0.25, -0.2) is 9.97 Å². The number of carbonyl (C=O) groups is 1. The Kier molecular flexibility index (Phi) is 4.46. The first-order valence-corrected chi connectivity index (χ1v) is 6.52. The molecule has 1 amide bonds. The van der Waals surface area contributed by atoms with Crippen LogP contribution in [0.3, 0.4) is 0 Å². The van der Waals surface area contributed by atoms with E-state index in [1.807, 2.05) is 30.3 Å². The minimum Gasteiger partial charge on any atom is -0.368 e. The number of aromatic nitrogens is 2. The fourth-order valence-corrected chi connectivity index (χ4v) is 1.82. The van der Waals surface area contributed by atoms with Gasteiger partial charge in [0.15, 0.2) is 0 Å². The average molecular weight is 321 g/mol. The Morgan fingerprint density at radius 1 is 1.26 bits per heavy atom. The monoisotopic (exact) mass is 320 g/mol. The van der Waals surface area contributed by atoms with Gasteiger partial charge in [-0.2, -0.15) is 0 Å². The van der Waals surface area contributed by atoms with Gasteiger partial charge in [0.25, 0.3) is 0 Å². The lowest BCUT2D eigenvalue weighted by atomic mass is 10.1. The van der Waals surface area contributed by atoms with Crippen molar-refractivity contribution in [3.8, 4) is 0 Å². The highest BCUT2D eigenvalue weighted by molar-refractivity contribution is 9.10. The number of nitrogens with one attached hydrogen (secondary N) is 1. The number of carbonyl (C=O) groups excluding carboxylic acids is 1. The zero-order valence-corrected chi connectivity index (χ0v) is 11.7. The summed E-state index contributed by atoms with van der Waals surface area (Å²) in [6.45, 7) is 0. The molecule has 1 aromatic carbocycles. The van der Waals surface area contributed by atoms with Gasteiger partial charge in [0.1, 0.15) is 6.04 Å². The molecule has 0 aliphatic rings. The summed E-state index contributed by atoms with van der Waals surface area (Å²) in [6, 6.07) is 9.12. The fraction of sp³-hybridized carbons (Fsp3) is 0.154. The number of hydrogen-bond acceptors (Lipinski definition) is 4. The molecule has 3 N–H and O–H groups in total. The topological polar surface area (TPSA) is 80.9 Å². The summed E-state index contributed by atoms with van der Waals surface area (Å²) < 4.78 is 0.775. The second kappa shape index (κ2) is 6.29. The number of nitrogens with two attached hydrogens (primary N) is 1. The molecule has 5 nitrogen and oxygen atoms in total. The van der Waals surface area contributed by atoms with Crippen molar-refractivity contribution < 1.29 is 4.79 Å². The maximum Gasteiger partial charge on any atom is 0.240 e. The van der Waals surface area contributed by atoms with E-state index in [1.165, 1.54) is 0 Å². The van der Waals surface area contributed by atoms with E-state index in [-0.39, 0.29) is 0 Å². The number of primary amides is 1. The van der Waals surface area contributed by atoms with Gasteiger partial charge in [-0.3, -0.25) is 4.79 Å². The van der Waals surface area contributed by atoms with Crippen molar-refractivity contribution in [2.24, 2.45) is 5.73 Å². The van der Waals surface area contributed by atoms with Crippen LogP contribution >= 0.6 is 15.9 Å². The molecule has 1 aromatic heterocycles. The van der Waals surface area contributed by atoms with E-state index < -0.39 is 11.9 Å². The molecule has 0 aliphatic heterocycles. The van der Waals surface area contributed by atoms with Crippen molar-refractivity contribution in [2.45, 2.75) is 12.5 Å². The second-order valence-corrected chi connectivity index (χ2v) is 4.93. The van der Waals surface area contributed by atoms with Gasteiger partial charge in [0.2, 0.25) is 11.9 Å². The highest BCUT2D eigenvalue weighted by atomic mass is 79.9. The number of hydrogen-bond donors (Lipinski definition) is 2. The summed E-state index contributed by atoms with van der Waals surface area (Å²) in [5.74, 6) is -0.0571. The smallest absolute Gasteiger partial charge is 0.240 e. The Morgan fingerprint density at radius 3 is 2.47 bits per heavy atom. The second-order valence-electron chi connectivity index (χ2n) is 4.01. The molecule has 0 radical (unpaired) electrons. The van der Waals surface area contributed by atoms with Crippen molar-refractivity contribution in [3.63, 3.8) is 0 Å². The third-order valence-corrected chi connectivity index (χ3v) is 2.96. The number of nitrogens with zero attached hydrogens (tertiary/aromatic N) is 2. The van der Waals surface area contributed by atoms with E-state index in [4.69, 9.17) is 5.73 Å². The van der Waals surface area contributed by atoms with Crippen molar-refractivity contribution in [1.82, 2.24) is 9.97 Å². The zero-order valence-electron chi connectivity index (χ0n) is 10.1. The molecule has 2 rings (SSSR count). The van der Waals surface area contributed by atoms with E-state index in [9.17, 15) is 4.79 Å². The summed E-state index contributed by atoms with van der Waals surface area (Å²) in [6.07, 6.45) is 3.71. The summed E-state index contributed by atoms with van der Waals surface area (Å²) in [5, 5.41) is 2.94. The highest BCUT2D eigenvalue weighted by Gasteiger charge is 2.16. The van der Waals surface area contributed by atoms with E-state index in [0.717, 1.165) is 10.0 Å². The number of rotatable bonds is 5. The standard InChI is InChI=1S/C13H13BrN4O/c14-10-7-16-13(17-8-10)18-11(12(15)19)6-9-4-2-1-3-5-9/h1-5,7-8,11H,6H2,(H2,15,19)(H,16,17,18)/t11-/m1/s1. The number of anilines is 1. The lowest BCUT2D eigenvalue weighted by Gasteiger charge is -2.15. The Bertz CT molecular complexity index is 544. The fourth-order valence-electron chi connectivity index (χ4n) is 1.62. The van der Waals surface area contributed by atoms with Crippen LogP contribution in [0.1, 0.15) is 5.56 Å². The Morgan fingerprint density at radius 2 is 1.89 bits per heavy atom. The predicted octanol–water partition coefficient (Wildman–Crippen LogP) is 1.75. The summed E-state index contributed by atoms with van der Waals surface area (Å²) in [7, 11) is 0. The van der Waals surface area contributed by atoms with Crippen LogP contribution in [0.25, 0.3) is 0 Å². The molecule has 0 saturated heterocycles. The number of amides is 1. The third-order valence-electron chi connectivity index (χ3n) is 2.55. The Hall–Kier alpha value is -1.95. The van der Waals surface area contributed by atoms with Gasteiger partial charge in [0, 0.05) is 18.8 Å². The van der Waals surface area contributed by atoms with E-state index in [1.54, 1.807) is 12.4 Å². The van der Waals surface area contributed by atoms with Crippen LogP contribution in [0.2, 0.25) is 0 Å². The molecule has 1 atom stereocenters. The molecular weight excluding hydrogens is 308 g/mol. The van der Waals surface area contributed by atoms with Crippen molar-refractivity contribution in [2.75, 3.05) is 5.32 Å². The molecule has 19 heavy (non-hydrogen) atoms. The molecule has 1 heterocycles. The normalized spacial score (nSPS) is 11.8. The summed E-state index contributed by atoms with van der Waals surface area (Å²) >= 11 is 3.25. The Labute approximate surface area is 119 Å². The lowest BCUT2D eigenvalue weighted by molar-refractivity contribution is -0.118. The minimum absolute atomic E-state index is 0.378. The highest BCUT2D eigenvalue weighted by Crippen LogP contribution is 2.10. The number of benzene rings is 1. The molecule has 6 heteroatoms. The van der Waals surface area contributed by atoms with Crippen LogP contribution in [0, 0.1) is 0 Å². The van der Waals surface area contributed by atoms with Crippen molar-refractivity contribution in [1.29, 1.82) is 0 Å². The minimum atomic E-state index is -0.538. The lowest BCUT2D eigenvalue weighted by Crippen LogP contribution is -2.37. The largest absolute Gasteiger partial charge is 0.368 e. The molecule has 0 fully saturated rings. The molecule has 0 bridgehead atoms. The summed E-state index contributed by atoms with van der Waals surface area (Å²) in [5.41, 5.74) is 6.42. The van der Waals surface area contributed by atoms with Crippen LogP contribution in [-0.4, -0.2) is 21.9 Å². The molecule has 0 unspecified atom stereocenters. The number of halogens is 1. The van der Waals surface area contributed by atoms with Crippen LogP contribution in [0.15, 0.2) is 47.2 Å². The maximum atomic E-state index is 11.5. The Balaban J connectivity index is 2.08. The van der Waals surface area contributed by atoms with Gasteiger partial charge >= 0.3 is 0 Å². The summed E-state index contributed by atoms with van der Waals surface area (Å²) in [4.78, 5) is 19.6. The molecule has 98 valence electrons. The molecule has 0 spiro atoms. The molecule has 2 aromatic rings. The first kappa shape index (κ1) is 13.5. The maximum absolute atomic E-state index is 11.5.